The van der Waals surface area contributed by atoms with Crippen LogP contribution < -0.4 is 0 Å². The van der Waals surface area contributed by atoms with Crippen LogP contribution in [0.15, 0.2) is 12.4 Å². The Morgan fingerprint density at radius 3 is 2.86 bits per heavy atom. The van der Waals surface area contributed by atoms with Gasteiger partial charge in [-0.1, -0.05) is 6.92 Å². The highest BCUT2D eigenvalue weighted by Gasteiger charge is 2.18. The van der Waals surface area contributed by atoms with Gasteiger partial charge in [0, 0.05) is 18.3 Å². The average molecular weight is 219 g/mol. The average Bonchev–Trinajstić information content (AvgIpc) is 2.64. The quantitative estimate of drug-likeness (QED) is 0.723. The van der Waals surface area contributed by atoms with Gasteiger partial charge in [0.15, 0.2) is 0 Å². The van der Waals surface area contributed by atoms with E-state index in [1.54, 1.807) is 17.1 Å². The molecule has 0 aromatic carbocycles. The highest BCUT2D eigenvalue weighted by molar-refractivity contribution is 6.18. The first-order chi connectivity index (χ1) is 6.69. The Kier molecular flexibility index (Phi) is 4.38. The standard InChI is InChI=1S/C9H15ClN2O2/c1-2-3-12-6-7(5-11-12)9(14)8(13)4-10/h5-6,8-9,13-14H,2-4H2,1H3. The van der Waals surface area contributed by atoms with Gasteiger partial charge >= 0.3 is 0 Å². The third-order valence-electron chi connectivity index (χ3n) is 1.97. The Morgan fingerprint density at radius 2 is 2.29 bits per heavy atom. The highest BCUT2D eigenvalue weighted by Crippen LogP contribution is 2.16. The molecule has 14 heavy (non-hydrogen) atoms. The Bertz CT molecular complexity index is 278. The first-order valence-electron chi connectivity index (χ1n) is 4.63. The number of rotatable bonds is 5. The largest absolute Gasteiger partial charge is 0.389 e. The van der Waals surface area contributed by atoms with E-state index in [-0.39, 0.29) is 5.88 Å². The van der Waals surface area contributed by atoms with Gasteiger partial charge in [-0.25, -0.2) is 0 Å². The molecule has 0 spiro atoms. The summed E-state index contributed by atoms with van der Waals surface area (Å²) in [4.78, 5) is 0. The van der Waals surface area contributed by atoms with E-state index in [4.69, 9.17) is 11.6 Å². The Balaban J connectivity index is 2.65. The molecule has 1 aromatic rings. The summed E-state index contributed by atoms with van der Waals surface area (Å²) in [5, 5.41) is 22.9. The number of hydrogen-bond acceptors (Lipinski definition) is 3. The molecule has 0 saturated heterocycles. The number of aliphatic hydroxyl groups excluding tert-OH is 2. The molecule has 0 saturated carbocycles. The molecule has 0 aliphatic carbocycles. The van der Waals surface area contributed by atoms with Crippen molar-refractivity contribution < 1.29 is 10.2 Å². The second kappa shape index (κ2) is 5.34. The van der Waals surface area contributed by atoms with Gasteiger partial charge in [-0.15, -0.1) is 11.6 Å². The number of halogens is 1. The lowest BCUT2D eigenvalue weighted by molar-refractivity contribution is 0.0326. The molecule has 5 heteroatoms. The lowest BCUT2D eigenvalue weighted by atomic mass is 10.1. The van der Waals surface area contributed by atoms with Crippen molar-refractivity contribution in [2.24, 2.45) is 0 Å². The normalized spacial score (nSPS) is 15.4. The summed E-state index contributed by atoms with van der Waals surface area (Å²) in [6.07, 6.45) is 2.38. The topological polar surface area (TPSA) is 58.3 Å². The third-order valence-corrected chi connectivity index (χ3v) is 2.29. The van der Waals surface area contributed by atoms with E-state index in [0.717, 1.165) is 13.0 Å². The van der Waals surface area contributed by atoms with Crippen LogP contribution in [0.3, 0.4) is 0 Å². The van der Waals surface area contributed by atoms with Crippen LogP contribution in [0.2, 0.25) is 0 Å². The van der Waals surface area contributed by atoms with E-state index in [2.05, 4.69) is 5.10 Å². The molecule has 0 bridgehead atoms. The number of aryl methyl sites for hydroxylation is 1. The van der Waals surface area contributed by atoms with Crippen LogP contribution in [-0.2, 0) is 6.54 Å². The van der Waals surface area contributed by atoms with Crippen molar-refractivity contribution in [1.82, 2.24) is 9.78 Å². The van der Waals surface area contributed by atoms with Crippen molar-refractivity contribution in [3.63, 3.8) is 0 Å². The van der Waals surface area contributed by atoms with E-state index in [0.29, 0.717) is 5.56 Å². The van der Waals surface area contributed by atoms with Crippen LogP contribution in [-0.4, -0.2) is 32.0 Å². The molecule has 1 rings (SSSR count). The van der Waals surface area contributed by atoms with E-state index in [1.807, 2.05) is 6.92 Å². The minimum Gasteiger partial charge on any atom is -0.389 e. The number of hydrogen-bond donors (Lipinski definition) is 2. The van der Waals surface area contributed by atoms with E-state index in [9.17, 15) is 10.2 Å². The Labute approximate surface area is 88.1 Å². The molecule has 1 heterocycles. The third kappa shape index (κ3) is 2.70. The molecule has 80 valence electrons. The number of alkyl halides is 1. The highest BCUT2D eigenvalue weighted by atomic mass is 35.5. The summed E-state index contributed by atoms with van der Waals surface area (Å²) in [5.41, 5.74) is 0.603. The fourth-order valence-corrected chi connectivity index (χ4v) is 1.36. The number of nitrogens with zero attached hydrogens (tertiary/aromatic N) is 2. The maximum absolute atomic E-state index is 9.58. The second-order valence-corrected chi connectivity index (χ2v) is 3.51. The van der Waals surface area contributed by atoms with E-state index >= 15 is 0 Å². The van der Waals surface area contributed by atoms with Gasteiger partial charge in [0.2, 0.25) is 0 Å². The maximum Gasteiger partial charge on any atom is 0.109 e. The number of aromatic nitrogens is 2. The van der Waals surface area contributed by atoms with Gasteiger partial charge in [0.1, 0.15) is 6.10 Å². The zero-order valence-corrected chi connectivity index (χ0v) is 8.85. The predicted molar refractivity (Wildman–Crippen MR) is 54.2 cm³/mol. The van der Waals surface area contributed by atoms with Crippen LogP contribution in [0.5, 0.6) is 0 Å². The van der Waals surface area contributed by atoms with Crippen molar-refractivity contribution in [3.05, 3.63) is 18.0 Å². The summed E-state index contributed by atoms with van der Waals surface area (Å²) >= 11 is 5.43. The molecular formula is C9H15ClN2O2. The van der Waals surface area contributed by atoms with Gasteiger partial charge in [-0.2, -0.15) is 5.10 Å². The van der Waals surface area contributed by atoms with Gasteiger partial charge < -0.3 is 10.2 Å². The first-order valence-corrected chi connectivity index (χ1v) is 5.17. The van der Waals surface area contributed by atoms with Crippen LogP contribution in [0, 0.1) is 0 Å². The van der Waals surface area contributed by atoms with E-state index < -0.39 is 12.2 Å². The van der Waals surface area contributed by atoms with Crippen molar-refractivity contribution in [2.45, 2.75) is 32.1 Å². The molecule has 1 aromatic heterocycles. The molecular weight excluding hydrogens is 204 g/mol. The Hall–Kier alpha value is -0.580. The van der Waals surface area contributed by atoms with Crippen molar-refractivity contribution in [3.8, 4) is 0 Å². The molecule has 2 N–H and O–H groups in total. The molecule has 0 aliphatic rings. The zero-order valence-electron chi connectivity index (χ0n) is 8.10. The minimum atomic E-state index is -0.946. The molecule has 2 atom stereocenters. The summed E-state index contributed by atoms with van der Waals surface area (Å²) in [7, 11) is 0. The first kappa shape index (κ1) is 11.5. The van der Waals surface area contributed by atoms with Gasteiger partial charge in [-0.05, 0) is 6.42 Å². The van der Waals surface area contributed by atoms with E-state index in [1.165, 1.54) is 0 Å². The predicted octanol–water partition coefficient (Wildman–Crippen LogP) is 0.926. The monoisotopic (exact) mass is 218 g/mol. The summed E-state index contributed by atoms with van der Waals surface area (Å²) in [5.74, 6) is 0.0140. The fourth-order valence-electron chi connectivity index (χ4n) is 1.19. The Morgan fingerprint density at radius 1 is 1.57 bits per heavy atom. The molecule has 0 aliphatic heterocycles. The lowest BCUT2D eigenvalue weighted by Gasteiger charge is -2.12. The van der Waals surface area contributed by atoms with Gasteiger partial charge in [0.05, 0.1) is 18.2 Å². The molecule has 0 amide bonds. The van der Waals surface area contributed by atoms with Crippen LogP contribution in [0.25, 0.3) is 0 Å². The number of aliphatic hydroxyl groups is 2. The fraction of sp³-hybridized carbons (Fsp3) is 0.667. The minimum absolute atomic E-state index is 0.0140. The summed E-state index contributed by atoms with van der Waals surface area (Å²) in [6, 6.07) is 0. The van der Waals surface area contributed by atoms with Crippen LogP contribution >= 0.6 is 11.6 Å². The van der Waals surface area contributed by atoms with Crippen molar-refractivity contribution in [2.75, 3.05) is 5.88 Å². The van der Waals surface area contributed by atoms with Crippen molar-refractivity contribution >= 4 is 11.6 Å². The van der Waals surface area contributed by atoms with Crippen molar-refractivity contribution in [1.29, 1.82) is 0 Å². The smallest absolute Gasteiger partial charge is 0.109 e. The maximum atomic E-state index is 9.58. The molecule has 4 nitrogen and oxygen atoms in total. The van der Waals surface area contributed by atoms with Gasteiger partial charge in [0.25, 0.3) is 0 Å². The summed E-state index contributed by atoms with van der Waals surface area (Å²) in [6.45, 7) is 2.86. The van der Waals surface area contributed by atoms with Gasteiger partial charge in [-0.3, -0.25) is 4.68 Å². The molecule has 0 fully saturated rings. The van der Waals surface area contributed by atoms with Crippen LogP contribution in [0.4, 0.5) is 0 Å². The summed E-state index contributed by atoms with van der Waals surface area (Å²) < 4.78 is 1.74. The second-order valence-electron chi connectivity index (χ2n) is 3.20. The van der Waals surface area contributed by atoms with Crippen LogP contribution in [0.1, 0.15) is 25.0 Å². The lowest BCUT2D eigenvalue weighted by Crippen LogP contribution is -2.19. The molecule has 0 radical (unpaired) electrons. The molecule has 2 unspecified atom stereocenters. The zero-order chi connectivity index (χ0) is 10.6. The SMILES string of the molecule is CCCn1cc(C(O)C(O)CCl)cn1.